The largest absolute Gasteiger partial charge is 0.435 e. The first-order valence-electron chi connectivity index (χ1n) is 7.39. The molecule has 0 fully saturated rings. The molecule has 0 N–H and O–H groups in total. The molecule has 134 valence electrons. The van der Waals surface area contributed by atoms with Crippen molar-refractivity contribution < 1.29 is 13.9 Å². The summed E-state index contributed by atoms with van der Waals surface area (Å²) in [5.41, 5.74) is 0.589. The summed E-state index contributed by atoms with van der Waals surface area (Å²) in [7, 11) is 0. The Labute approximate surface area is 159 Å². The van der Waals surface area contributed by atoms with Crippen molar-refractivity contribution in [3.8, 4) is 23.0 Å². The molecule has 26 heavy (non-hydrogen) atoms. The van der Waals surface area contributed by atoms with Gasteiger partial charge in [0.25, 0.3) is 5.24 Å². The van der Waals surface area contributed by atoms with E-state index in [0.29, 0.717) is 23.6 Å². The van der Waals surface area contributed by atoms with Crippen LogP contribution in [-0.4, -0.2) is 25.2 Å². The van der Waals surface area contributed by atoms with Crippen LogP contribution in [0.25, 0.3) is 11.4 Å². The van der Waals surface area contributed by atoms with Crippen molar-refractivity contribution >= 4 is 29.3 Å². The number of pyridine rings is 1. The van der Waals surface area contributed by atoms with Gasteiger partial charge < -0.3 is 4.74 Å². The van der Waals surface area contributed by atoms with Gasteiger partial charge in [0.1, 0.15) is 12.2 Å². The highest BCUT2D eigenvalue weighted by molar-refractivity contribution is 6.67. The Morgan fingerprint density at radius 1 is 1.23 bits per heavy atom. The van der Waals surface area contributed by atoms with Crippen LogP contribution >= 0.6 is 24.0 Å². The average molecular weight is 395 g/mol. The number of benzene rings is 1. The molecule has 0 amide bonds. The zero-order chi connectivity index (χ0) is 17.8. The standard InChI is InChI=1S/C17H12ClFN4O2.ClH/c1-2-14-21-9-22-16(23-14)11-4-3-7-20-17(11)25-13-8-10(15(18)24)5-6-12(13)19;/h3-9H,2H2,1H3;1H. The quantitative estimate of drug-likeness (QED) is 0.602. The van der Waals surface area contributed by atoms with Crippen LogP contribution in [-0.2, 0) is 6.42 Å². The molecule has 0 unspecified atom stereocenters. The number of ether oxygens (including phenoxy) is 1. The van der Waals surface area contributed by atoms with E-state index < -0.39 is 11.1 Å². The van der Waals surface area contributed by atoms with Gasteiger partial charge in [0.15, 0.2) is 17.4 Å². The van der Waals surface area contributed by atoms with Crippen LogP contribution in [0.3, 0.4) is 0 Å². The third kappa shape index (κ3) is 4.30. The second-order valence-corrected chi connectivity index (χ2v) is 5.30. The number of halogens is 3. The average Bonchev–Trinajstić information content (AvgIpc) is 2.64. The van der Waals surface area contributed by atoms with Crippen molar-refractivity contribution in [2.75, 3.05) is 0 Å². The van der Waals surface area contributed by atoms with Crippen molar-refractivity contribution in [3.05, 3.63) is 60.1 Å². The number of carbonyl (C=O) groups is 1. The summed E-state index contributed by atoms with van der Waals surface area (Å²) in [6.07, 6.45) is 3.53. The zero-order valence-electron chi connectivity index (χ0n) is 13.5. The number of carbonyl (C=O) groups excluding carboxylic acids is 1. The van der Waals surface area contributed by atoms with Crippen LogP contribution in [0.1, 0.15) is 23.1 Å². The summed E-state index contributed by atoms with van der Waals surface area (Å²) >= 11 is 5.43. The first-order valence-corrected chi connectivity index (χ1v) is 7.76. The van der Waals surface area contributed by atoms with Gasteiger partial charge in [0.05, 0.1) is 5.56 Å². The highest BCUT2D eigenvalue weighted by Gasteiger charge is 2.15. The van der Waals surface area contributed by atoms with Crippen molar-refractivity contribution in [2.24, 2.45) is 0 Å². The lowest BCUT2D eigenvalue weighted by atomic mass is 10.2. The summed E-state index contributed by atoms with van der Waals surface area (Å²) in [4.78, 5) is 27.9. The molecule has 3 rings (SSSR count). The summed E-state index contributed by atoms with van der Waals surface area (Å²) < 4.78 is 19.6. The molecule has 0 saturated carbocycles. The van der Waals surface area contributed by atoms with Gasteiger partial charge in [-0.25, -0.2) is 24.3 Å². The number of aryl methyl sites for hydroxylation is 1. The SMILES string of the molecule is CCc1ncnc(-c2cccnc2Oc2cc(C(=O)Cl)ccc2F)n1.Cl. The molecule has 0 spiro atoms. The molecule has 0 aliphatic heterocycles. The minimum atomic E-state index is -0.712. The molecule has 1 aromatic carbocycles. The van der Waals surface area contributed by atoms with E-state index >= 15 is 0 Å². The Morgan fingerprint density at radius 2 is 2.04 bits per heavy atom. The van der Waals surface area contributed by atoms with E-state index in [1.807, 2.05) is 6.92 Å². The number of hydrogen-bond donors (Lipinski definition) is 0. The fraction of sp³-hybridized carbons (Fsp3) is 0.118. The van der Waals surface area contributed by atoms with Crippen LogP contribution in [0.4, 0.5) is 4.39 Å². The maximum atomic E-state index is 14.0. The first kappa shape index (κ1) is 19.7. The van der Waals surface area contributed by atoms with Crippen molar-refractivity contribution in [2.45, 2.75) is 13.3 Å². The molecular formula is C17H13Cl2FN4O2. The number of nitrogens with zero attached hydrogens (tertiary/aromatic N) is 4. The van der Waals surface area contributed by atoms with Gasteiger partial charge in [0.2, 0.25) is 5.88 Å². The van der Waals surface area contributed by atoms with E-state index in [4.69, 9.17) is 16.3 Å². The molecule has 3 aromatic rings. The Balaban J connectivity index is 0.00000243. The molecule has 0 saturated heterocycles. The minimum Gasteiger partial charge on any atom is -0.435 e. The van der Waals surface area contributed by atoms with Crippen molar-refractivity contribution in [1.82, 2.24) is 19.9 Å². The van der Waals surface area contributed by atoms with E-state index in [1.54, 1.807) is 12.1 Å². The summed E-state index contributed by atoms with van der Waals surface area (Å²) in [6.45, 7) is 1.92. The Morgan fingerprint density at radius 3 is 2.77 bits per heavy atom. The molecule has 2 aromatic heterocycles. The molecule has 0 aliphatic carbocycles. The molecule has 0 atom stereocenters. The van der Waals surface area contributed by atoms with Crippen LogP contribution in [0.5, 0.6) is 11.6 Å². The molecule has 0 bridgehead atoms. The van der Waals surface area contributed by atoms with Gasteiger partial charge in [-0.2, -0.15) is 0 Å². The highest BCUT2D eigenvalue weighted by Crippen LogP contribution is 2.31. The first-order chi connectivity index (χ1) is 12.1. The fourth-order valence-corrected chi connectivity index (χ4v) is 2.20. The predicted octanol–water partition coefficient (Wildman–Crippen LogP) is 4.23. The molecule has 2 heterocycles. The second-order valence-electron chi connectivity index (χ2n) is 4.96. The van der Waals surface area contributed by atoms with E-state index in [1.165, 1.54) is 24.7 Å². The lowest BCUT2D eigenvalue weighted by molar-refractivity contribution is 0.108. The molecule has 6 nitrogen and oxygen atoms in total. The van der Waals surface area contributed by atoms with Gasteiger partial charge in [-0.05, 0) is 41.9 Å². The number of rotatable bonds is 5. The Hall–Kier alpha value is -2.64. The van der Waals surface area contributed by atoms with Crippen LogP contribution < -0.4 is 4.74 Å². The topological polar surface area (TPSA) is 77.9 Å². The summed E-state index contributed by atoms with van der Waals surface area (Å²) in [5, 5.41) is -0.712. The normalized spacial score (nSPS) is 10.1. The third-order valence-electron chi connectivity index (χ3n) is 3.31. The van der Waals surface area contributed by atoms with Crippen LogP contribution in [0, 0.1) is 5.82 Å². The van der Waals surface area contributed by atoms with E-state index in [-0.39, 0.29) is 29.6 Å². The van der Waals surface area contributed by atoms with Crippen LogP contribution in [0.2, 0.25) is 0 Å². The summed E-state index contributed by atoms with van der Waals surface area (Å²) in [5.74, 6) is 0.258. The van der Waals surface area contributed by atoms with Gasteiger partial charge >= 0.3 is 0 Å². The molecule has 0 radical (unpaired) electrons. The second kappa shape index (κ2) is 8.64. The smallest absolute Gasteiger partial charge is 0.252 e. The number of hydrogen-bond acceptors (Lipinski definition) is 6. The van der Waals surface area contributed by atoms with Gasteiger partial charge in [-0.1, -0.05) is 6.92 Å². The number of aromatic nitrogens is 4. The maximum Gasteiger partial charge on any atom is 0.252 e. The van der Waals surface area contributed by atoms with E-state index in [9.17, 15) is 9.18 Å². The van der Waals surface area contributed by atoms with Gasteiger partial charge in [-0.15, -0.1) is 12.4 Å². The lowest BCUT2D eigenvalue weighted by Crippen LogP contribution is -2.00. The monoisotopic (exact) mass is 394 g/mol. The highest BCUT2D eigenvalue weighted by atomic mass is 35.5. The predicted molar refractivity (Wildman–Crippen MR) is 96.3 cm³/mol. The maximum absolute atomic E-state index is 14.0. The van der Waals surface area contributed by atoms with Crippen LogP contribution in [0.15, 0.2) is 42.9 Å². The van der Waals surface area contributed by atoms with Gasteiger partial charge in [0, 0.05) is 18.2 Å². The van der Waals surface area contributed by atoms with Crippen molar-refractivity contribution in [3.63, 3.8) is 0 Å². The molecule has 9 heteroatoms. The Bertz CT molecular complexity index is 940. The zero-order valence-corrected chi connectivity index (χ0v) is 15.1. The van der Waals surface area contributed by atoms with E-state index in [0.717, 1.165) is 6.07 Å². The summed E-state index contributed by atoms with van der Waals surface area (Å²) in [6, 6.07) is 6.98. The third-order valence-corrected chi connectivity index (χ3v) is 3.53. The minimum absolute atomic E-state index is 0. The lowest BCUT2D eigenvalue weighted by Gasteiger charge is -2.10. The van der Waals surface area contributed by atoms with Gasteiger partial charge in [-0.3, -0.25) is 4.79 Å². The molecular weight excluding hydrogens is 382 g/mol. The fourth-order valence-electron chi connectivity index (χ4n) is 2.08. The van der Waals surface area contributed by atoms with E-state index in [2.05, 4.69) is 19.9 Å². The Kier molecular flexibility index (Phi) is 6.54. The van der Waals surface area contributed by atoms with Crippen molar-refractivity contribution in [1.29, 1.82) is 0 Å². The molecule has 0 aliphatic rings.